The molecule has 0 aliphatic carbocycles. The Balaban J connectivity index is 0.754. The number of thiazole rings is 1. The maximum absolute atomic E-state index is 14.3. The summed E-state index contributed by atoms with van der Waals surface area (Å²) >= 11 is 1.60. The van der Waals surface area contributed by atoms with Crippen molar-refractivity contribution in [3.63, 3.8) is 0 Å². The maximum Gasteiger partial charge on any atom is 0.254 e. The van der Waals surface area contributed by atoms with E-state index >= 15 is 0 Å². The van der Waals surface area contributed by atoms with Crippen molar-refractivity contribution in [2.24, 2.45) is 5.92 Å². The van der Waals surface area contributed by atoms with Crippen molar-refractivity contribution >= 4 is 28.8 Å². The van der Waals surface area contributed by atoms with Crippen LogP contribution < -0.4 is 15.0 Å². The fourth-order valence-corrected chi connectivity index (χ4v) is 11.3. The number of aliphatic hydroxyl groups is 1. The smallest absolute Gasteiger partial charge is 0.254 e. The second kappa shape index (κ2) is 19.2. The van der Waals surface area contributed by atoms with Gasteiger partial charge in [-0.25, -0.2) is 4.98 Å². The number of carbonyl (C=O) groups is 2. The van der Waals surface area contributed by atoms with E-state index in [0.717, 1.165) is 91.5 Å². The minimum atomic E-state index is -0.819. The number of hydrogen-bond donors (Lipinski definition) is 3. The summed E-state index contributed by atoms with van der Waals surface area (Å²) in [5.41, 5.74) is 8.43. The lowest BCUT2D eigenvalue weighted by Gasteiger charge is -2.50. The van der Waals surface area contributed by atoms with Crippen molar-refractivity contribution in [1.29, 1.82) is 0 Å². The van der Waals surface area contributed by atoms with Gasteiger partial charge in [0.25, 0.3) is 5.88 Å². The number of rotatable bonds is 13. The molecule has 0 saturated carbocycles. The minimum absolute atomic E-state index is 0.0629. The molecule has 2 unspecified atom stereocenters. The number of hydrogen-bond acceptors (Lipinski definition) is 14. The average molecular weight is 904 g/mol. The molecule has 0 radical (unpaired) electrons. The van der Waals surface area contributed by atoms with E-state index in [9.17, 15) is 19.8 Å². The summed E-state index contributed by atoms with van der Waals surface area (Å²) in [5.74, 6) is -0.539. The van der Waals surface area contributed by atoms with Crippen LogP contribution in [-0.2, 0) is 16.0 Å². The number of nitrogens with one attached hydrogen (secondary N) is 1. The lowest BCUT2D eigenvalue weighted by molar-refractivity contribution is -0.141. The predicted molar refractivity (Wildman–Crippen MR) is 249 cm³/mol. The number of piperazine rings is 1. The van der Waals surface area contributed by atoms with Crippen molar-refractivity contribution in [3.8, 4) is 33.3 Å². The fourth-order valence-electron chi connectivity index (χ4n) is 10.5. The molecule has 16 heteroatoms. The van der Waals surface area contributed by atoms with Crippen LogP contribution in [0.2, 0.25) is 0 Å². The number of aromatic hydroxyl groups is 1. The molecule has 344 valence electrons. The highest BCUT2D eigenvalue weighted by atomic mass is 32.1. The number of carbonyl (C=O) groups excluding carboxylic acids is 2. The van der Waals surface area contributed by atoms with Crippen molar-refractivity contribution in [3.05, 3.63) is 88.9 Å². The van der Waals surface area contributed by atoms with E-state index in [1.807, 2.05) is 75.7 Å². The van der Waals surface area contributed by atoms with Crippen molar-refractivity contribution in [2.45, 2.75) is 109 Å². The van der Waals surface area contributed by atoms with Gasteiger partial charge in [0.15, 0.2) is 5.76 Å². The molecular weight excluding hydrogens is 843 g/mol. The Morgan fingerprint density at radius 3 is 2.55 bits per heavy atom. The van der Waals surface area contributed by atoms with Gasteiger partial charge in [-0.2, -0.15) is 5.10 Å². The molecule has 3 saturated heterocycles. The average Bonchev–Trinajstić information content (AvgIpc) is 4.06. The third-order valence-corrected chi connectivity index (χ3v) is 15.1. The number of phenols is 1. The second-order valence-electron chi connectivity index (χ2n) is 18.7. The number of benzene rings is 2. The highest BCUT2D eigenvalue weighted by Crippen LogP contribution is 2.38. The first-order valence-corrected chi connectivity index (χ1v) is 24.1. The van der Waals surface area contributed by atoms with Gasteiger partial charge in [-0.05, 0) is 86.9 Å². The lowest BCUT2D eigenvalue weighted by Crippen LogP contribution is -2.60. The van der Waals surface area contributed by atoms with Crippen molar-refractivity contribution in [1.82, 2.24) is 40.4 Å². The monoisotopic (exact) mass is 903 g/mol. The third kappa shape index (κ3) is 9.49. The quantitative estimate of drug-likeness (QED) is 0.122. The van der Waals surface area contributed by atoms with E-state index in [4.69, 9.17) is 9.26 Å². The molecule has 4 aliphatic heterocycles. The van der Waals surface area contributed by atoms with Crippen LogP contribution in [0.4, 0.5) is 5.69 Å². The molecule has 4 aliphatic rings. The number of phenolic OH excluding ortho intramolecular Hbond substituents is 1. The number of fused-ring (bicyclic) bond motifs is 3. The zero-order valence-electron chi connectivity index (χ0n) is 38.0. The van der Waals surface area contributed by atoms with E-state index < -0.39 is 18.1 Å². The number of amides is 2. The van der Waals surface area contributed by atoms with E-state index in [0.29, 0.717) is 47.6 Å². The number of nitrogens with zero attached hydrogens (tertiary/aromatic N) is 8. The predicted octanol–water partition coefficient (Wildman–Crippen LogP) is 6.22. The Labute approximate surface area is 384 Å². The Bertz CT molecular complexity index is 2460. The molecule has 3 fully saturated rings. The van der Waals surface area contributed by atoms with Crippen LogP contribution in [0.5, 0.6) is 11.6 Å². The first kappa shape index (κ1) is 44.8. The molecule has 7 heterocycles. The molecule has 9 rings (SSSR count). The number of aliphatic hydroxyl groups excluding tert-OH is 1. The number of aromatic nitrogens is 4. The van der Waals surface area contributed by atoms with Gasteiger partial charge in [0.1, 0.15) is 24.3 Å². The zero-order valence-corrected chi connectivity index (χ0v) is 38.8. The van der Waals surface area contributed by atoms with Gasteiger partial charge in [0, 0.05) is 75.4 Å². The van der Waals surface area contributed by atoms with Gasteiger partial charge in [-0.15, -0.1) is 16.4 Å². The Hall–Kier alpha value is -5.42. The molecule has 15 nitrogen and oxygen atoms in total. The molecule has 3 N–H and O–H groups in total. The molecule has 7 atom stereocenters. The first-order chi connectivity index (χ1) is 31.4. The number of ether oxygens (including phenoxy) is 1. The van der Waals surface area contributed by atoms with E-state index in [1.54, 1.807) is 23.5 Å². The highest BCUT2D eigenvalue weighted by Gasteiger charge is 2.44. The number of likely N-dealkylation sites (tertiary alicyclic amines) is 2. The molecular formula is C49H61N9O6S. The normalized spacial score (nSPS) is 23.5. The molecule has 2 aromatic carbocycles. The lowest BCUT2D eigenvalue weighted by atomic mass is 9.91. The molecule has 0 bridgehead atoms. The van der Waals surface area contributed by atoms with Crippen LogP contribution in [-0.4, -0.2) is 133 Å². The van der Waals surface area contributed by atoms with E-state index in [1.165, 1.54) is 4.90 Å². The summed E-state index contributed by atoms with van der Waals surface area (Å²) < 4.78 is 11.9. The number of para-hydroxylation sites is 1. The number of aryl methyl sites for hydroxylation is 2. The number of piperidine rings is 1. The van der Waals surface area contributed by atoms with Crippen LogP contribution in [0, 0.1) is 12.8 Å². The van der Waals surface area contributed by atoms with Gasteiger partial charge < -0.3 is 34.6 Å². The number of anilines is 1. The van der Waals surface area contributed by atoms with Crippen molar-refractivity contribution in [2.75, 3.05) is 50.8 Å². The van der Waals surface area contributed by atoms with Crippen LogP contribution >= 0.6 is 11.3 Å². The van der Waals surface area contributed by atoms with Gasteiger partial charge in [0.2, 0.25) is 11.8 Å². The maximum atomic E-state index is 14.3. The summed E-state index contributed by atoms with van der Waals surface area (Å²) in [6.45, 7) is 15.3. The fraction of sp³-hybridized carbons (Fsp3) is 0.510. The summed E-state index contributed by atoms with van der Waals surface area (Å²) in [4.78, 5) is 42.6. The summed E-state index contributed by atoms with van der Waals surface area (Å²) in [7, 11) is 0. The van der Waals surface area contributed by atoms with Crippen LogP contribution in [0.25, 0.3) is 21.7 Å². The van der Waals surface area contributed by atoms with Crippen molar-refractivity contribution < 1.29 is 29.1 Å². The van der Waals surface area contributed by atoms with Gasteiger partial charge in [-0.3, -0.25) is 19.4 Å². The van der Waals surface area contributed by atoms with Gasteiger partial charge in [0.05, 0.1) is 45.3 Å². The van der Waals surface area contributed by atoms with Crippen LogP contribution in [0.1, 0.15) is 88.0 Å². The largest absolute Gasteiger partial charge is 0.507 e. The molecule has 5 aromatic rings. The summed E-state index contributed by atoms with van der Waals surface area (Å²) in [5, 5.41) is 37.5. The third-order valence-electron chi connectivity index (χ3n) is 14.1. The van der Waals surface area contributed by atoms with E-state index in [-0.39, 0.29) is 42.5 Å². The summed E-state index contributed by atoms with van der Waals surface area (Å²) in [6, 6.07) is 19.4. The minimum Gasteiger partial charge on any atom is -0.507 e. The molecule has 65 heavy (non-hydrogen) atoms. The SMILES string of the molecule is Cc1ncsc1-c1ccc([C@H](C)NC(=O)[C@@H]2C[C@@H](O)CN2C(=O)[C@@H](c2cc(OCCN3CCC(N4CCN5c6cc(-c7ccccc7O)nnc6CC[C@H]5C4)CC3C)no2)C(C)C)cc1. The standard InChI is InChI=1S/C49H61N9O6S/c1-29(2)46(49(62)58-27-37(59)23-42(58)48(61)51-31(4)33-10-12-34(13-11-33)47-32(5)50-28-65-47)44-25-45(54-64-44)63-21-20-55-17-16-35(22-30(55)3)56-18-19-57-36(26-56)14-15-39-41(57)24-40(53-52-39)38-8-6-7-9-43(38)60/h6-13,24-25,28-31,35-37,42,46,59-60H,14-23,26-27H2,1-5H3,(H,51,61)/t30?,31-,35?,36-,37+,42-,46+/m0/s1. The highest BCUT2D eigenvalue weighted by molar-refractivity contribution is 7.13. The molecule has 3 aromatic heterocycles. The van der Waals surface area contributed by atoms with Crippen LogP contribution in [0.3, 0.4) is 0 Å². The van der Waals surface area contributed by atoms with Crippen LogP contribution in [0.15, 0.2) is 70.7 Å². The first-order valence-electron chi connectivity index (χ1n) is 23.2. The molecule has 2 amide bonds. The zero-order chi connectivity index (χ0) is 45.4. The summed E-state index contributed by atoms with van der Waals surface area (Å²) in [6.07, 6.45) is 3.48. The Kier molecular flexibility index (Phi) is 13.2. The molecule has 0 spiro atoms. The van der Waals surface area contributed by atoms with Gasteiger partial charge >= 0.3 is 0 Å². The van der Waals surface area contributed by atoms with Gasteiger partial charge in [-0.1, -0.05) is 50.2 Å². The Morgan fingerprint density at radius 2 is 1.80 bits per heavy atom. The second-order valence-corrected chi connectivity index (χ2v) is 19.5. The van der Waals surface area contributed by atoms with E-state index in [2.05, 4.69) is 53.3 Å². The topological polar surface area (TPSA) is 174 Å². The Morgan fingerprint density at radius 1 is 0.985 bits per heavy atom. The number of β-amino-alcohol motifs (C(OH)–C–C–N with tert-alkyl or cyclic N) is 1.